The Morgan fingerprint density at radius 1 is 1.18 bits per heavy atom. The number of methoxy groups -OCH3 is 1. The first-order valence-electron chi connectivity index (χ1n) is 7.88. The Hall–Kier alpha value is -2.29. The molecule has 0 aliphatic carbocycles. The van der Waals surface area contributed by atoms with Crippen LogP contribution in [0.2, 0.25) is 0 Å². The van der Waals surface area contributed by atoms with Gasteiger partial charge in [-0.2, -0.15) is 0 Å². The van der Waals surface area contributed by atoms with Crippen molar-refractivity contribution in [1.82, 2.24) is 4.90 Å². The molecule has 0 spiro atoms. The highest BCUT2D eigenvalue weighted by Crippen LogP contribution is 2.30. The number of amidine groups is 1. The number of ether oxygens (including phenoxy) is 1. The number of aliphatic imine (C=N–C) groups is 1. The standard InChI is InChI=1S/C19H22N2O/c1-3-4-7-18-17(15-9-11-16(22-2)12-10-15)14-21-13-6-5-8-19(21)20-18/h5-6,8-13H,3-4,7,14H2,1-2H3. The molecule has 0 N–H and O–H groups in total. The molecule has 0 fully saturated rings. The van der Waals surface area contributed by atoms with Gasteiger partial charge in [-0.3, -0.25) is 0 Å². The lowest BCUT2D eigenvalue weighted by Gasteiger charge is -2.29. The van der Waals surface area contributed by atoms with Crippen molar-refractivity contribution in [3.05, 3.63) is 60.0 Å². The Labute approximate surface area is 132 Å². The quantitative estimate of drug-likeness (QED) is 0.804. The zero-order valence-electron chi connectivity index (χ0n) is 13.2. The second kappa shape index (κ2) is 6.65. The summed E-state index contributed by atoms with van der Waals surface area (Å²) in [4.78, 5) is 7.10. The normalized spacial score (nSPS) is 16.6. The minimum Gasteiger partial charge on any atom is -0.497 e. The molecule has 3 heteroatoms. The van der Waals surface area contributed by atoms with E-state index in [9.17, 15) is 0 Å². The van der Waals surface area contributed by atoms with E-state index >= 15 is 0 Å². The van der Waals surface area contributed by atoms with Gasteiger partial charge >= 0.3 is 0 Å². The van der Waals surface area contributed by atoms with Gasteiger partial charge in [0.2, 0.25) is 0 Å². The summed E-state index contributed by atoms with van der Waals surface area (Å²) in [6.07, 6.45) is 11.7. The first-order valence-corrected chi connectivity index (χ1v) is 7.88. The minimum atomic E-state index is 0.880. The van der Waals surface area contributed by atoms with Gasteiger partial charge in [-0.05, 0) is 42.7 Å². The summed E-state index contributed by atoms with van der Waals surface area (Å²) in [7, 11) is 1.70. The average molecular weight is 294 g/mol. The van der Waals surface area contributed by atoms with Crippen LogP contribution in [0, 0.1) is 0 Å². The van der Waals surface area contributed by atoms with Gasteiger partial charge in [0.05, 0.1) is 13.7 Å². The minimum absolute atomic E-state index is 0.880. The summed E-state index contributed by atoms with van der Waals surface area (Å²) in [5.41, 5.74) is 3.77. The molecule has 0 unspecified atom stereocenters. The summed E-state index contributed by atoms with van der Waals surface area (Å²) in [6.45, 7) is 3.10. The molecule has 22 heavy (non-hydrogen) atoms. The molecule has 0 saturated carbocycles. The second-order valence-corrected chi connectivity index (χ2v) is 5.56. The van der Waals surface area contributed by atoms with E-state index in [1.807, 2.05) is 18.2 Å². The number of hydrogen-bond acceptors (Lipinski definition) is 3. The first kappa shape index (κ1) is 14.6. The van der Waals surface area contributed by atoms with Gasteiger partial charge in [-0.25, -0.2) is 4.99 Å². The Morgan fingerprint density at radius 2 is 2.00 bits per heavy atom. The fraction of sp³-hybridized carbons (Fsp3) is 0.316. The lowest BCUT2D eigenvalue weighted by Crippen LogP contribution is -2.31. The first-order chi connectivity index (χ1) is 10.8. The van der Waals surface area contributed by atoms with E-state index in [0.717, 1.165) is 24.6 Å². The molecule has 0 radical (unpaired) electrons. The van der Waals surface area contributed by atoms with Crippen LogP contribution in [0.3, 0.4) is 0 Å². The van der Waals surface area contributed by atoms with Crippen LogP contribution >= 0.6 is 0 Å². The summed E-state index contributed by atoms with van der Waals surface area (Å²) < 4.78 is 5.26. The van der Waals surface area contributed by atoms with Crippen LogP contribution in [-0.2, 0) is 0 Å². The topological polar surface area (TPSA) is 24.8 Å². The number of benzene rings is 1. The van der Waals surface area contributed by atoms with E-state index in [2.05, 4.69) is 42.3 Å². The van der Waals surface area contributed by atoms with E-state index in [1.54, 1.807) is 7.11 Å². The third-order valence-corrected chi connectivity index (χ3v) is 4.05. The number of nitrogens with zero attached hydrogens (tertiary/aromatic N) is 2. The molecule has 0 amide bonds. The van der Waals surface area contributed by atoms with E-state index in [4.69, 9.17) is 9.73 Å². The fourth-order valence-corrected chi connectivity index (χ4v) is 2.77. The predicted molar refractivity (Wildman–Crippen MR) is 91.9 cm³/mol. The average Bonchev–Trinajstić information content (AvgIpc) is 2.59. The van der Waals surface area contributed by atoms with Crippen molar-refractivity contribution < 1.29 is 4.74 Å². The molecular weight excluding hydrogens is 272 g/mol. The molecule has 3 nitrogen and oxygen atoms in total. The van der Waals surface area contributed by atoms with Crippen LogP contribution in [0.4, 0.5) is 0 Å². The largest absolute Gasteiger partial charge is 0.497 e. The number of allylic oxidation sites excluding steroid dienone is 3. The summed E-state index contributed by atoms with van der Waals surface area (Å²) >= 11 is 0. The molecule has 2 aliphatic rings. The molecule has 2 aliphatic heterocycles. The lowest BCUT2D eigenvalue weighted by molar-refractivity contribution is 0.415. The van der Waals surface area contributed by atoms with Crippen LogP contribution in [0.25, 0.3) is 5.57 Å². The third-order valence-electron chi connectivity index (χ3n) is 4.05. The van der Waals surface area contributed by atoms with E-state index in [-0.39, 0.29) is 0 Å². The molecule has 114 valence electrons. The smallest absolute Gasteiger partial charge is 0.133 e. The molecule has 0 atom stereocenters. The van der Waals surface area contributed by atoms with Crippen molar-refractivity contribution in [1.29, 1.82) is 0 Å². The van der Waals surface area contributed by atoms with Crippen molar-refractivity contribution in [3.8, 4) is 5.75 Å². The van der Waals surface area contributed by atoms with Crippen LogP contribution in [-0.4, -0.2) is 24.4 Å². The van der Waals surface area contributed by atoms with Gasteiger partial charge in [-0.15, -0.1) is 0 Å². The maximum atomic E-state index is 5.26. The van der Waals surface area contributed by atoms with E-state index < -0.39 is 0 Å². The highest BCUT2D eigenvalue weighted by Gasteiger charge is 2.21. The van der Waals surface area contributed by atoms with Crippen molar-refractivity contribution in [2.24, 2.45) is 4.99 Å². The summed E-state index contributed by atoms with van der Waals surface area (Å²) in [5, 5.41) is 0. The third kappa shape index (κ3) is 2.98. The zero-order chi connectivity index (χ0) is 15.4. The van der Waals surface area contributed by atoms with Crippen molar-refractivity contribution in [2.45, 2.75) is 26.2 Å². The van der Waals surface area contributed by atoms with Gasteiger partial charge in [0.25, 0.3) is 0 Å². The van der Waals surface area contributed by atoms with Crippen LogP contribution in [0.5, 0.6) is 5.75 Å². The number of fused-ring (bicyclic) bond motifs is 1. The maximum Gasteiger partial charge on any atom is 0.133 e. The van der Waals surface area contributed by atoms with Crippen molar-refractivity contribution in [3.63, 3.8) is 0 Å². The van der Waals surface area contributed by atoms with E-state index in [1.165, 1.54) is 29.7 Å². The number of hydrogen-bond donors (Lipinski definition) is 0. The second-order valence-electron chi connectivity index (χ2n) is 5.56. The van der Waals surface area contributed by atoms with Crippen molar-refractivity contribution in [2.75, 3.05) is 13.7 Å². The van der Waals surface area contributed by atoms with Gasteiger partial charge in [0.15, 0.2) is 0 Å². The monoisotopic (exact) mass is 294 g/mol. The molecule has 0 bridgehead atoms. The Bertz CT molecular complexity index is 651. The number of rotatable bonds is 5. The van der Waals surface area contributed by atoms with Gasteiger partial charge < -0.3 is 9.64 Å². The molecule has 3 rings (SSSR count). The van der Waals surface area contributed by atoms with Crippen LogP contribution in [0.1, 0.15) is 31.7 Å². The highest BCUT2D eigenvalue weighted by molar-refractivity contribution is 5.99. The molecule has 2 heterocycles. The van der Waals surface area contributed by atoms with Gasteiger partial charge in [-0.1, -0.05) is 31.6 Å². The Morgan fingerprint density at radius 3 is 2.73 bits per heavy atom. The lowest BCUT2D eigenvalue weighted by atomic mass is 9.98. The predicted octanol–water partition coefficient (Wildman–Crippen LogP) is 4.39. The Balaban J connectivity index is 1.97. The van der Waals surface area contributed by atoms with Crippen LogP contribution < -0.4 is 4.74 Å². The molecule has 1 aromatic carbocycles. The summed E-state index contributed by atoms with van der Waals surface area (Å²) in [5.74, 6) is 1.94. The molecule has 0 aromatic heterocycles. The van der Waals surface area contributed by atoms with Crippen molar-refractivity contribution >= 4 is 11.4 Å². The molecule has 1 aromatic rings. The SMILES string of the molecule is CCCCC1=C(c2ccc(OC)cc2)CN2C=CC=CC2=N1. The van der Waals surface area contributed by atoms with Gasteiger partial charge in [0, 0.05) is 17.5 Å². The molecular formula is C19H22N2O. The summed E-state index contributed by atoms with van der Waals surface area (Å²) in [6, 6.07) is 8.30. The highest BCUT2D eigenvalue weighted by atomic mass is 16.5. The van der Waals surface area contributed by atoms with E-state index in [0.29, 0.717) is 0 Å². The zero-order valence-corrected chi connectivity index (χ0v) is 13.2. The fourth-order valence-electron chi connectivity index (χ4n) is 2.77. The Kier molecular flexibility index (Phi) is 4.42. The molecule has 0 saturated heterocycles. The maximum absolute atomic E-state index is 5.26. The van der Waals surface area contributed by atoms with Crippen LogP contribution in [0.15, 0.2) is 59.4 Å². The number of unbranched alkanes of at least 4 members (excludes halogenated alkanes) is 1. The van der Waals surface area contributed by atoms with Gasteiger partial charge in [0.1, 0.15) is 11.6 Å².